The van der Waals surface area contributed by atoms with Crippen LogP contribution in [0.15, 0.2) is 0 Å². The van der Waals surface area contributed by atoms with Gasteiger partial charge in [0.15, 0.2) is 0 Å². The molecule has 2 aliphatic rings. The van der Waals surface area contributed by atoms with E-state index >= 15 is 0 Å². The van der Waals surface area contributed by atoms with E-state index in [-0.39, 0.29) is 0 Å². The molecule has 0 aromatic heterocycles. The van der Waals surface area contributed by atoms with Crippen LogP contribution in [0.5, 0.6) is 0 Å². The molecule has 0 aromatic rings. The minimum absolute atomic E-state index is 0.465. The highest BCUT2D eigenvalue weighted by molar-refractivity contribution is 7.99. The average Bonchev–Trinajstić information content (AvgIpc) is 2.74. The lowest BCUT2D eigenvalue weighted by Crippen LogP contribution is -2.48. The van der Waals surface area contributed by atoms with Gasteiger partial charge in [-0.3, -0.25) is 0 Å². The molecule has 3 atom stereocenters. The Hall–Kier alpha value is 0.270. The summed E-state index contributed by atoms with van der Waals surface area (Å²) in [6.07, 6.45) is 4.25. The highest BCUT2D eigenvalue weighted by Crippen LogP contribution is 2.34. The Morgan fingerprint density at radius 1 is 1.41 bits per heavy atom. The van der Waals surface area contributed by atoms with Crippen LogP contribution in [0, 0.1) is 11.3 Å². The highest BCUT2D eigenvalue weighted by atomic mass is 32.2. The van der Waals surface area contributed by atoms with Crippen molar-refractivity contribution < 1.29 is 4.74 Å². The minimum Gasteiger partial charge on any atom is -0.378 e. The predicted octanol–water partition coefficient (Wildman–Crippen LogP) is 2.92. The van der Waals surface area contributed by atoms with Crippen LogP contribution in [0.2, 0.25) is 0 Å². The molecule has 0 bridgehead atoms. The highest BCUT2D eigenvalue weighted by Gasteiger charge is 2.34. The Labute approximate surface area is 110 Å². The first-order chi connectivity index (χ1) is 8.13. The van der Waals surface area contributed by atoms with Crippen molar-refractivity contribution in [3.05, 3.63) is 0 Å². The molecule has 0 aromatic carbocycles. The van der Waals surface area contributed by atoms with Gasteiger partial charge in [0.05, 0.1) is 6.10 Å². The zero-order chi connectivity index (χ0) is 12.3. The molecule has 2 nitrogen and oxygen atoms in total. The molecule has 0 amide bonds. The van der Waals surface area contributed by atoms with Crippen LogP contribution in [-0.2, 0) is 4.74 Å². The van der Waals surface area contributed by atoms with E-state index < -0.39 is 0 Å². The first-order valence-corrected chi connectivity index (χ1v) is 8.21. The van der Waals surface area contributed by atoms with Crippen LogP contribution in [-0.4, -0.2) is 36.8 Å². The van der Waals surface area contributed by atoms with Crippen LogP contribution < -0.4 is 5.32 Å². The average molecular weight is 257 g/mol. The first-order valence-electron chi connectivity index (χ1n) is 7.06. The summed E-state index contributed by atoms with van der Waals surface area (Å²) in [4.78, 5) is 0. The summed E-state index contributed by atoms with van der Waals surface area (Å²) < 4.78 is 5.76. The Morgan fingerprint density at radius 3 is 2.94 bits per heavy atom. The van der Waals surface area contributed by atoms with E-state index in [1.54, 1.807) is 0 Å². The minimum atomic E-state index is 0.465. The molecule has 0 saturated carbocycles. The maximum absolute atomic E-state index is 5.76. The van der Waals surface area contributed by atoms with Crippen molar-refractivity contribution in [3.63, 3.8) is 0 Å². The molecule has 2 rings (SSSR count). The Morgan fingerprint density at radius 2 is 2.24 bits per heavy atom. The molecule has 2 aliphatic heterocycles. The fourth-order valence-corrected chi connectivity index (χ4v) is 4.58. The third-order valence-corrected chi connectivity index (χ3v) is 5.56. The Balaban J connectivity index is 1.80. The van der Waals surface area contributed by atoms with E-state index in [1.807, 2.05) is 0 Å². The number of ether oxygens (including phenoxy) is 1. The number of nitrogens with one attached hydrogen (secondary N) is 1. The van der Waals surface area contributed by atoms with E-state index in [9.17, 15) is 0 Å². The molecular formula is C14H27NOS. The molecule has 3 unspecified atom stereocenters. The van der Waals surface area contributed by atoms with Gasteiger partial charge in [-0.25, -0.2) is 0 Å². The van der Waals surface area contributed by atoms with Crippen molar-refractivity contribution in [1.82, 2.24) is 5.32 Å². The lowest BCUT2D eigenvalue weighted by atomic mass is 9.82. The zero-order valence-electron chi connectivity index (χ0n) is 11.5. The molecule has 1 N–H and O–H groups in total. The molecule has 3 heteroatoms. The fourth-order valence-electron chi connectivity index (χ4n) is 2.94. The fraction of sp³-hybridized carbons (Fsp3) is 1.00. The third-order valence-electron chi connectivity index (χ3n) is 4.49. The number of hydrogen-bond acceptors (Lipinski definition) is 3. The maximum Gasteiger partial charge on any atom is 0.0613 e. The summed E-state index contributed by atoms with van der Waals surface area (Å²) in [5.41, 5.74) is 0.465. The van der Waals surface area contributed by atoms with Crippen LogP contribution in [0.3, 0.4) is 0 Å². The number of rotatable bonds is 4. The second-order valence-electron chi connectivity index (χ2n) is 6.14. The molecule has 0 aliphatic carbocycles. The van der Waals surface area contributed by atoms with Gasteiger partial charge in [0.2, 0.25) is 0 Å². The summed E-state index contributed by atoms with van der Waals surface area (Å²) in [6, 6.07) is 0.680. The van der Waals surface area contributed by atoms with Crippen molar-refractivity contribution in [2.45, 2.75) is 52.2 Å². The molecule has 2 heterocycles. The van der Waals surface area contributed by atoms with Crippen molar-refractivity contribution >= 4 is 11.8 Å². The number of thioether (sulfide) groups is 1. The maximum atomic E-state index is 5.76. The van der Waals surface area contributed by atoms with Crippen molar-refractivity contribution in [2.24, 2.45) is 11.3 Å². The zero-order valence-corrected chi connectivity index (χ0v) is 12.3. The van der Waals surface area contributed by atoms with Crippen LogP contribution in [0.1, 0.15) is 40.0 Å². The van der Waals surface area contributed by atoms with E-state index in [4.69, 9.17) is 4.74 Å². The quantitative estimate of drug-likeness (QED) is 0.837. The van der Waals surface area contributed by atoms with Gasteiger partial charge in [0.25, 0.3) is 0 Å². The van der Waals surface area contributed by atoms with Gasteiger partial charge in [-0.2, -0.15) is 11.8 Å². The molecule has 100 valence electrons. The lowest BCUT2D eigenvalue weighted by Gasteiger charge is -2.39. The predicted molar refractivity (Wildman–Crippen MR) is 75.7 cm³/mol. The van der Waals surface area contributed by atoms with E-state index in [0.717, 1.165) is 25.5 Å². The summed E-state index contributed by atoms with van der Waals surface area (Å²) in [5.74, 6) is 3.34. The molecule has 2 saturated heterocycles. The monoisotopic (exact) mass is 257 g/mol. The molecule has 2 fully saturated rings. The van der Waals surface area contributed by atoms with Crippen LogP contribution in [0.25, 0.3) is 0 Å². The van der Waals surface area contributed by atoms with Crippen molar-refractivity contribution in [3.8, 4) is 0 Å². The van der Waals surface area contributed by atoms with E-state index in [2.05, 4.69) is 37.8 Å². The normalized spacial score (nSPS) is 37.2. The van der Waals surface area contributed by atoms with E-state index in [1.165, 1.54) is 24.3 Å². The Bertz CT molecular complexity index is 244. The summed E-state index contributed by atoms with van der Waals surface area (Å²) in [6.45, 7) is 9.17. The van der Waals surface area contributed by atoms with Crippen LogP contribution >= 0.6 is 11.8 Å². The van der Waals surface area contributed by atoms with Gasteiger partial charge in [-0.05, 0) is 36.3 Å². The summed E-state index contributed by atoms with van der Waals surface area (Å²) in [7, 11) is 0. The largest absolute Gasteiger partial charge is 0.378 e. The SMILES string of the molecule is CCC1OCCC1CNC1CSCCC1(C)C. The van der Waals surface area contributed by atoms with Crippen molar-refractivity contribution in [2.75, 3.05) is 24.7 Å². The Kier molecular flexibility index (Phi) is 4.79. The molecular weight excluding hydrogens is 230 g/mol. The van der Waals surface area contributed by atoms with Gasteiger partial charge in [0, 0.05) is 24.9 Å². The second kappa shape index (κ2) is 5.94. The molecule has 17 heavy (non-hydrogen) atoms. The van der Waals surface area contributed by atoms with Gasteiger partial charge < -0.3 is 10.1 Å². The van der Waals surface area contributed by atoms with E-state index in [0.29, 0.717) is 17.6 Å². The molecule has 0 radical (unpaired) electrons. The van der Waals surface area contributed by atoms with Crippen LogP contribution in [0.4, 0.5) is 0 Å². The van der Waals surface area contributed by atoms with Gasteiger partial charge in [-0.1, -0.05) is 20.8 Å². The standard InChI is InChI=1S/C14H27NOS/c1-4-12-11(5-7-16-12)9-15-13-10-17-8-6-14(13,2)3/h11-13,15H,4-10H2,1-3H3. The molecule has 0 spiro atoms. The first kappa shape index (κ1) is 13.7. The van der Waals surface area contributed by atoms with Crippen molar-refractivity contribution in [1.29, 1.82) is 0 Å². The number of hydrogen-bond donors (Lipinski definition) is 1. The summed E-state index contributed by atoms with van der Waals surface area (Å²) in [5, 5.41) is 3.82. The van der Waals surface area contributed by atoms with Gasteiger partial charge in [-0.15, -0.1) is 0 Å². The topological polar surface area (TPSA) is 21.3 Å². The van der Waals surface area contributed by atoms with Gasteiger partial charge >= 0.3 is 0 Å². The summed E-state index contributed by atoms with van der Waals surface area (Å²) >= 11 is 2.10. The van der Waals surface area contributed by atoms with Gasteiger partial charge in [0.1, 0.15) is 0 Å². The smallest absolute Gasteiger partial charge is 0.0613 e. The lowest BCUT2D eigenvalue weighted by molar-refractivity contribution is 0.0850. The third kappa shape index (κ3) is 3.39. The second-order valence-corrected chi connectivity index (χ2v) is 7.29.